The Labute approximate surface area is 161 Å². The van der Waals surface area contributed by atoms with Gasteiger partial charge in [-0.25, -0.2) is 0 Å². The highest BCUT2D eigenvalue weighted by Gasteiger charge is 2.29. The van der Waals surface area contributed by atoms with Crippen LogP contribution in [0.5, 0.6) is 0 Å². The molecule has 0 spiro atoms. The predicted molar refractivity (Wildman–Crippen MR) is 106 cm³/mol. The molecule has 0 saturated heterocycles. The van der Waals surface area contributed by atoms with Crippen LogP contribution in [0, 0.1) is 0 Å². The summed E-state index contributed by atoms with van der Waals surface area (Å²) >= 11 is 12.1. The van der Waals surface area contributed by atoms with E-state index in [0.29, 0.717) is 18.1 Å². The summed E-state index contributed by atoms with van der Waals surface area (Å²) in [5.41, 5.74) is 10.2. The lowest BCUT2D eigenvalue weighted by Gasteiger charge is -2.30. The highest BCUT2D eigenvalue weighted by Crippen LogP contribution is 2.31. The molecule has 0 fully saturated rings. The van der Waals surface area contributed by atoms with Gasteiger partial charge in [0.1, 0.15) is 0 Å². The average molecular weight is 388 g/mol. The van der Waals surface area contributed by atoms with Crippen LogP contribution in [0.15, 0.2) is 42.5 Å². The first-order valence-electron chi connectivity index (χ1n) is 8.60. The van der Waals surface area contributed by atoms with Crippen LogP contribution in [-0.4, -0.2) is 28.9 Å². The third-order valence-electron chi connectivity index (χ3n) is 5.06. The van der Waals surface area contributed by atoms with Gasteiger partial charge in [0.25, 0.3) is 0 Å². The number of carbonyl (C=O) groups excluding carboxylic acids is 1. The van der Waals surface area contributed by atoms with Crippen molar-refractivity contribution in [2.24, 2.45) is 5.73 Å². The molecule has 1 atom stereocenters. The molecule has 1 amide bonds. The van der Waals surface area contributed by atoms with E-state index in [9.17, 15) is 4.79 Å². The second kappa shape index (κ2) is 6.95. The van der Waals surface area contributed by atoms with Gasteiger partial charge in [-0.2, -0.15) is 0 Å². The quantitative estimate of drug-likeness (QED) is 0.710. The molecule has 0 radical (unpaired) electrons. The minimum Gasteiger partial charge on any atom is -0.357 e. The minimum atomic E-state index is -0.354. The zero-order valence-corrected chi connectivity index (χ0v) is 15.6. The fourth-order valence-corrected chi connectivity index (χ4v) is 3.99. The summed E-state index contributed by atoms with van der Waals surface area (Å²) in [5, 5.41) is 2.52. The minimum absolute atomic E-state index is 0.0529. The number of nitrogens with zero attached hydrogens (tertiary/aromatic N) is 1. The number of nitrogens with one attached hydrogen (secondary N) is 1. The second-order valence-corrected chi connectivity index (χ2v) is 7.49. The van der Waals surface area contributed by atoms with E-state index in [1.165, 1.54) is 5.56 Å². The third kappa shape index (κ3) is 3.09. The van der Waals surface area contributed by atoms with Gasteiger partial charge in [0, 0.05) is 39.7 Å². The summed E-state index contributed by atoms with van der Waals surface area (Å²) in [6.45, 7) is 1.51. The number of carbonyl (C=O) groups is 1. The molecule has 3 N–H and O–H groups in total. The van der Waals surface area contributed by atoms with Gasteiger partial charge >= 0.3 is 0 Å². The molecule has 1 aliphatic heterocycles. The average Bonchev–Trinajstić information content (AvgIpc) is 3.00. The van der Waals surface area contributed by atoms with Crippen molar-refractivity contribution in [3.63, 3.8) is 0 Å². The van der Waals surface area contributed by atoms with Gasteiger partial charge in [0.2, 0.25) is 5.91 Å². The SMILES string of the molecule is NCC(C(=O)N1CCc2c([nH]c3ccc(Cl)cc23)C1)c1ccc(Cl)cc1. The van der Waals surface area contributed by atoms with Gasteiger partial charge in [-0.3, -0.25) is 4.79 Å². The molecule has 1 aromatic heterocycles. The molecule has 4 nitrogen and oxygen atoms in total. The fraction of sp³-hybridized carbons (Fsp3) is 0.250. The van der Waals surface area contributed by atoms with Crippen LogP contribution in [0.1, 0.15) is 22.7 Å². The summed E-state index contributed by atoms with van der Waals surface area (Å²) in [4.78, 5) is 18.4. The Morgan fingerprint density at radius 2 is 1.88 bits per heavy atom. The van der Waals surface area contributed by atoms with E-state index in [0.717, 1.165) is 33.6 Å². The van der Waals surface area contributed by atoms with E-state index in [-0.39, 0.29) is 18.4 Å². The first kappa shape index (κ1) is 17.4. The Balaban J connectivity index is 1.60. The van der Waals surface area contributed by atoms with Crippen LogP contribution in [-0.2, 0) is 17.8 Å². The molecule has 4 rings (SSSR count). The molecular formula is C20H19Cl2N3O. The van der Waals surface area contributed by atoms with Crippen molar-refractivity contribution >= 4 is 40.0 Å². The lowest BCUT2D eigenvalue weighted by Crippen LogP contribution is -2.41. The summed E-state index contributed by atoms with van der Waals surface area (Å²) in [6, 6.07) is 13.2. The van der Waals surface area contributed by atoms with Gasteiger partial charge in [0.05, 0.1) is 12.5 Å². The van der Waals surface area contributed by atoms with Gasteiger partial charge in [-0.05, 0) is 47.9 Å². The van der Waals surface area contributed by atoms with E-state index in [4.69, 9.17) is 28.9 Å². The normalized spacial score (nSPS) is 15.1. The Morgan fingerprint density at radius 3 is 2.62 bits per heavy atom. The molecule has 1 unspecified atom stereocenters. The maximum absolute atomic E-state index is 13.1. The lowest BCUT2D eigenvalue weighted by atomic mass is 9.96. The van der Waals surface area contributed by atoms with Crippen LogP contribution in [0.2, 0.25) is 10.0 Å². The zero-order chi connectivity index (χ0) is 18.3. The van der Waals surface area contributed by atoms with Gasteiger partial charge in [-0.1, -0.05) is 35.3 Å². The van der Waals surface area contributed by atoms with Crippen molar-refractivity contribution < 1.29 is 4.79 Å². The number of amides is 1. The predicted octanol–water partition coefficient (Wildman–Crippen LogP) is 4.10. The second-order valence-electron chi connectivity index (χ2n) is 6.62. The molecule has 2 heterocycles. The van der Waals surface area contributed by atoms with Crippen molar-refractivity contribution in [1.29, 1.82) is 0 Å². The lowest BCUT2D eigenvalue weighted by molar-refractivity contribution is -0.133. The number of fused-ring (bicyclic) bond motifs is 3. The Hall–Kier alpha value is -2.01. The number of halogens is 2. The van der Waals surface area contributed by atoms with Crippen LogP contribution >= 0.6 is 23.2 Å². The largest absolute Gasteiger partial charge is 0.357 e. The number of hydrogen-bond donors (Lipinski definition) is 2. The highest BCUT2D eigenvalue weighted by atomic mass is 35.5. The summed E-state index contributed by atoms with van der Waals surface area (Å²) in [6.07, 6.45) is 0.805. The Morgan fingerprint density at radius 1 is 1.15 bits per heavy atom. The smallest absolute Gasteiger partial charge is 0.231 e. The maximum Gasteiger partial charge on any atom is 0.231 e. The van der Waals surface area contributed by atoms with E-state index in [1.54, 1.807) is 12.1 Å². The van der Waals surface area contributed by atoms with Crippen LogP contribution in [0.25, 0.3) is 10.9 Å². The molecule has 6 heteroatoms. The Kier molecular flexibility index (Phi) is 4.65. The third-order valence-corrected chi connectivity index (χ3v) is 5.54. The molecule has 26 heavy (non-hydrogen) atoms. The number of rotatable bonds is 3. The van der Waals surface area contributed by atoms with E-state index in [2.05, 4.69) is 4.98 Å². The molecule has 0 saturated carbocycles. The molecule has 134 valence electrons. The highest BCUT2D eigenvalue weighted by molar-refractivity contribution is 6.31. The van der Waals surface area contributed by atoms with Gasteiger partial charge < -0.3 is 15.6 Å². The van der Waals surface area contributed by atoms with Gasteiger partial charge in [-0.15, -0.1) is 0 Å². The fourth-order valence-electron chi connectivity index (χ4n) is 3.70. The molecule has 1 aliphatic rings. The number of H-pyrrole nitrogens is 1. The molecule has 0 aliphatic carbocycles. The Bertz CT molecular complexity index is 965. The summed E-state index contributed by atoms with van der Waals surface area (Å²) < 4.78 is 0. The first-order chi connectivity index (χ1) is 12.6. The number of nitrogens with two attached hydrogens (primary N) is 1. The van der Waals surface area contributed by atoms with Crippen molar-refractivity contribution in [1.82, 2.24) is 9.88 Å². The molecule has 3 aromatic rings. The van der Waals surface area contributed by atoms with Gasteiger partial charge in [0.15, 0.2) is 0 Å². The van der Waals surface area contributed by atoms with E-state index < -0.39 is 0 Å². The summed E-state index contributed by atoms with van der Waals surface area (Å²) in [7, 11) is 0. The first-order valence-corrected chi connectivity index (χ1v) is 9.35. The van der Waals surface area contributed by atoms with Crippen molar-refractivity contribution in [3.05, 3.63) is 69.3 Å². The summed E-state index contributed by atoms with van der Waals surface area (Å²) in [5.74, 6) is -0.301. The van der Waals surface area contributed by atoms with E-state index >= 15 is 0 Å². The topological polar surface area (TPSA) is 62.1 Å². The molecular weight excluding hydrogens is 369 g/mol. The van der Waals surface area contributed by atoms with Crippen molar-refractivity contribution in [2.75, 3.05) is 13.1 Å². The molecule has 2 aromatic carbocycles. The molecule has 0 bridgehead atoms. The van der Waals surface area contributed by atoms with Crippen LogP contribution in [0.3, 0.4) is 0 Å². The monoisotopic (exact) mass is 387 g/mol. The number of hydrogen-bond acceptors (Lipinski definition) is 2. The van der Waals surface area contributed by atoms with Crippen LogP contribution < -0.4 is 5.73 Å². The van der Waals surface area contributed by atoms with Crippen molar-refractivity contribution in [3.8, 4) is 0 Å². The zero-order valence-electron chi connectivity index (χ0n) is 14.1. The van der Waals surface area contributed by atoms with Crippen molar-refractivity contribution in [2.45, 2.75) is 18.9 Å². The maximum atomic E-state index is 13.1. The standard InChI is InChI=1S/C20H19Cl2N3O/c21-13-3-1-12(2-4-13)17(10-23)20(26)25-8-7-15-16-9-14(22)5-6-18(16)24-19(15)11-25/h1-6,9,17,24H,7-8,10-11,23H2. The number of benzene rings is 2. The number of aromatic amines is 1. The van der Waals surface area contributed by atoms with E-state index in [1.807, 2.05) is 35.2 Å². The van der Waals surface area contributed by atoms with Crippen LogP contribution in [0.4, 0.5) is 0 Å². The number of aromatic nitrogens is 1.